The molecule has 0 atom stereocenters. The Hall–Kier alpha value is -3.53. The van der Waals surface area contributed by atoms with Crippen LogP contribution < -0.4 is 39.7 Å². The fourth-order valence-electron chi connectivity index (χ4n) is 3.95. The SMILES string of the molecule is COc1cccc([Si](O[Si](c2ccccc2)c2cccc(OC)c2OC)c2ccccc2)c1OC. The van der Waals surface area contributed by atoms with Crippen LogP contribution in [-0.2, 0) is 4.12 Å². The van der Waals surface area contributed by atoms with Crippen molar-refractivity contribution >= 4 is 38.8 Å². The second-order valence-electron chi connectivity index (χ2n) is 7.57. The molecule has 0 spiro atoms. The molecule has 4 aromatic carbocycles. The summed E-state index contributed by atoms with van der Waals surface area (Å²) in [6.45, 7) is 0. The number of hydrogen-bond donors (Lipinski definition) is 0. The lowest BCUT2D eigenvalue weighted by Gasteiger charge is -2.26. The molecule has 5 nitrogen and oxygen atoms in total. The molecule has 0 aliphatic carbocycles. The van der Waals surface area contributed by atoms with Crippen LogP contribution in [0, 0.1) is 0 Å². The van der Waals surface area contributed by atoms with Crippen molar-refractivity contribution in [3.05, 3.63) is 97.1 Å². The number of hydrogen-bond acceptors (Lipinski definition) is 5. The van der Waals surface area contributed by atoms with Crippen LogP contribution >= 0.6 is 0 Å². The topological polar surface area (TPSA) is 46.2 Å². The van der Waals surface area contributed by atoms with E-state index in [1.807, 2.05) is 60.7 Å². The molecule has 0 N–H and O–H groups in total. The highest BCUT2D eigenvalue weighted by atomic mass is 28.4. The maximum atomic E-state index is 7.21. The van der Waals surface area contributed by atoms with Crippen LogP contribution in [0.2, 0.25) is 0 Å². The van der Waals surface area contributed by atoms with Crippen molar-refractivity contribution < 1.29 is 23.1 Å². The minimum Gasteiger partial charge on any atom is -0.493 e. The Morgan fingerprint density at radius 2 is 0.829 bits per heavy atom. The molecule has 4 aromatic rings. The molecule has 0 saturated heterocycles. The standard InChI is InChI=1S/C28H28O5Si2/c1-29-23-17-11-19-25(27(23)31-3)34(21-13-7-5-8-14-21)33-35(22-15-9-6-10-16-22)26-20-12-18-24(30-2)28(26)32-4/h5-20H,1-4H3. The van der Waals surface area contributed by atoms with Crippen LogP contribution in [0.4, 0.5) is 0 Å². The molecular weight excluding hydrogens is 472 g/mol. The number of para-hydroxylation sites is 2. The van der Waals surface area contributed by atoms with Gasteiger partial charge in [0.1, 0.15) is 0 Å². The van der Waals surface area contributed by atoms with Crippen molar-refractivity contribution in [2.45, 2.75) is 0 Å². The van der Waals surface area contributed by atoms with Gasteiger partial charge >= 0.3 is 0 Å². The third-order valence-corrected chi connectivity index (χ3v) is 10.7. The first kappa shape index (κ1) is 24.6. The highest BCUT2D eigenvalue weighted by Crippen LogP contribution is 2.26. The van der Waals surface area contributed by atoms with Crippen LogP contribution in [0.25, 0.3) is 0 Å². The fraction of sp³-hybridized carbons (Fsp3) is 0.143. The lowest BCUT2D eigenvalue weighted by Crippen LogP contribution is -2.56. The van der Waals surface area contributed by atoms with Crippen molar-refractivity contribution in [1.82, 2.24) is 0 Å². The molecule has 4 rings (SSSR count). The van der Waals surface area contributed by atoms with E-state index in [1.165, 1.54) is 0 Å². The van der Waals surface area contributed by atoms with E-state index in [2.05, 4.69) is 36.4 Å². The van der Waals surface area contributed by atoms with Gasteiger partial charge < -0.3 is 23.1 Å². The van der Waals surface area contributed by atoms with Crippen LogP contribution in [0.1, 0.15) is 0 Å². The summed E-state index contributed by atoms with van der Waals surface area (Å²) in [6, 6.07) is 32.5. The van der Waals surface area contributed by atoms with Gasteiger partial charge in [0.15, 0.2) is 23.0 Å². The molecular formula is C28H28O5Si2. The number of ether oxygens (including phenoxy) is 4. The maximum Gasteiger partial charge on any atom is 0.276 e. The van der Waals surface area contributed by atoms with Crippen molar-refractivity contribution in [2.24, 2.45) is 0 Å². The molecule has 0 unspecified atom stereocenters. The van der Waals surface area contributed by atoms with Gasteiger partial charge in [-0.2, -0.15) is 0 Å². The first-order valence-electron chi connectivity index (χ1n) is 11.2. The maximum absolute atomic E-state index is 7.21. The average molecular weight is 501 g/mol. The van der Waals surface area contributed by atoms with Gasteiger partial charge in [0.05, 0.1) is 28.4 Å². The Kier molecular flexibility index (Phi) is 8.25. The van der Waals surface area contributed by atoms with Crippen LogP contribution in [0.3, 0.4) is 0 Å². The first-order chi connectivity index (χ1) is 17.2. The quantitative estimate of drug-likeness (QED) is 0.313. The van der Waals surface area contributed by atoms with Crippen LogP contribution in [-0.4, -0.2) is 46.5 Å². The molecule has 35 heavy (non-hydrogen) atoms. The molecule has 178 valence electrons. The smallest absolute Gasteiger partial charge is 0.276 e. The Bertz CT molecular complexity index is 1140. The monoisotopic (exact) mass is 500 g/mol. The molecule has 0 aliphatic heterocycles. The minimum absolute atomic E-state index is 0.680. The Morgan fingerprint density at radius 3 is 1.17 bits per heavy atom. The molecule has 0 amide bonds. The lowest BCUT2D eigenvalue weighted by molar-refractivity contribution is 0.356. The van der Waals surface area contributed by atoms with E-state index < -0.39 is 18.1 Å². The predicted molar refractivity (Wildman–Crippen MR) is 143 cm³/mol. The molecule has 0 aromatic heterocycles. The molecule has 0 aliphatic rings. The average Bonchev–Trinajstić information content (AvgIpc) is 2.93. The van der Waals surface area contributed by atoms with Crippen LogP contribution in [0.5, 0.6) is 23.0 Å². The van der Waals surface area contributed by atoms with E-state index in [-0.39, 0.29) is 0 Å². The molecule has 7 heteroatoms. The fourth-order valence-corrected chi connectivity index (χ4v) is 9.56. The van der Waals surface area contributed by atoms with Crippen molar-refractivity contribution in [2.75, 3.05) is 28.4 Å². The normalized spacial score (nSPS) is 10.9. The van der Waals surface area contributed by atoms with Gasteiger partial charge in [0.25, 0.3) is 18.1 Å². The zero-order valence-electron chi connectivity index (χ0n) is 20.3. The number of benzene rings is 4. The van der Waals surface area contributed by atoms with Gasteiger partial charge in [-0.3, -0.25) is 0 Å². The molecule has 0 bridgehead atoms. The minimum atomic E-state index is -1.77. The van der Waals surface area contributed by atoms with Crippen LogP contribution in [0.15, 0.2) is 97.1 Å². The zero-order valence-corrected chi connectivity index (χ0v) is 22.3. The summed E-state index contributed by atoms with van der Waals surface area (Å²) in [5.41, 5.74) is 0. The summed E-state index contributed by atoms with van der Waals surface area (Å²) in [7, 11) is 3.10. The van der Waals surface area contributed by atoms with Gasteiger partial charge in [-0.05, 0) is 22.5 Å². The van der Waals surface area contributed by atoms with Crippen molar-refractivity contribution in [3.63, 3.8) is 0 Å². The molecule has 0 heterocycles. The largest absolute Gasteiger partial charge is 0.493 e. The third kappa shape index (κ3) is 5.27. The van der Waals surface area contributed by atoms with Gasteiger partial charge in [-0.1, -0.05) is 84.9 Å². The summed E-state index contributed by atoms with van der Waals surface area (Å²) in [6.07, 6.45) is 0. The molecule has 0 fully saturated rings. The first-order valence-corrected chi connectivity index (χ1v) is 14.0. The highest BCUT2D eigenvalue weighted by Gasteiger charge is 2.33. The van der Waals surface area contributed by atoms with E-state index in [0.29, 0.717) is 23.0 Å². The van der Waals surface area contributed by atoms with Gasteiger partial charge in [0, 0.05) is 10.4 Å². The summed E-state index contributed by atoms with van der Waals surface area (Å²) < 4.78 is 30.1. The highest BCUT2D eigenvalue weighted by molar-refractivity contribution is 6.92. The summed E-state index contributed by atoms with van der Waals surface area (Å²) >= 11 is 0. The molecule has 0 saturated carbocycles. The Labute approximate surface area is 210 Å². The number of methoxy groups -OCH3 is 4. The number of rotatable bonds is 10. The van der Waals surface area contributed by atoms with E-state index in [9.17, 15) is 0 Å². The van der Waals surface area contributed by atoms with Gasteiger partial charge in [-0.25, -0.2) is 0 Å². The zero-order chi connectivity index (χ0) is 24.6. The summed E-state index contributed by atoms with van der Waals surface area (Å²) in [4.78, 5) is 0. The Morgan fingerprint density at radius 1 is 0.429 bits per heavy atom. The second kappa shape index (κ2) is 11.7. The third-order valence-electron chi connectivity index (χ3n) is 5.57. The van der Waals surface area contributed by atoms with E-state index in [0.717, 1.165) is 20.7 Å². The Balaban J connectivity index is 1.91. The lowest BCUT2D eigenvalue weighted by atomic mass is 10.3. The van der Waals surface area contributed by atoms with Gasteiger partial charge in [0.2, 0.25) is 0 Å². The van der Waals surface area contributed by atoms with E-state index >= 15 is 0 Å². The van der Waals surface area contributed by atoms with E-state index in [1.54, 1.807) is 28.4 Å². The van der Waals surface area contributed by atoms with Crippen molar-refractivity contribution in [1.29, 1.82) is 0 Å². The summed E-state index contributed by atoms with van der Waals surface area (Å²) in [5, 5.41) is 4.21. The molecule has 2 radical (unpaired) electrons. The van der Waals surface area contributed by atoms with Gasteiger partial charge in [-0.15, -0.1) is 0 Å². The predicted octanol–water partition coefficient (Wildman–Crippen LogP) is 2.65. The van der Waals surface area contributed by atoms with E-state index in [4.69, 9.17) is 23.1 Å². The van der Waals surface area contributed by atoms with Crippen molar-refractivity contribution in [3.8, 4) is 23.0 Å². The second-order valence-corrected chi connectivity index (χ2v) is 11.9. The summed E-state index contributed by atoms with van der Waals surface area (Å²) in [5.74, 6) is 2.75.